The summed E-state index contributed by atoms with van der Waals surface area (Å²) in [6.45, 7) is 2.02. The normalized spacial score (nSPS) is 16.6. The van der Waals surface area contributed by atoms with Crippen LogP contribution in [0.5, 0.6) is 5.75 Å². The number of ether oxygens (including phenoxy) is 1. The van der Waals surface area contributed by atoms with E-state index in [-0.39, 0.29) is 11.9 Å². The molecule has 0 radical (unpaired) electrons. The molecule has 2 N–H and O–H groups in total. The van der Waals surface area contributed by atoms with Crippen LogP contribution in [-0.4, -0.2) is 11.9 Å². The van der Waals surface area contributed by atoms with Crippen molar-refractivity contribution in [1.82, 2.24) is 0 Å². The molecule has 0 saturated heterocycles. The zero-order valence-electron chi connectivity index (χ0n) is 11.0. The second-order valence-corrected chi connectivity index (χ2v) is 5.88. The molecule has 3 rings (SSSR count). The quantitative estimate of drug-likeness (QED) is 0.675. The van der Waals surface area contributed by atoms with E-state index in [1.165, 1.54) is 0 Å². The molecule has 3 nitrogen and oxygen atoms in total. The van der Waals surface area contributed by atoms with E-state index in [2.05, 4.69) is 15.9 Å². The summed E-state index contributed by atoms with van der Waals surface area (Å²) in [5.74, 6) is 0.840. The topological polar surface area (TPSA) is 52.3 Å². The third-order valence-corrected chi connectivity index (χ3v) is 4.08. The average Bonchev–Trinajstić information content (AvgIpc) is 2.79. The molecule has 0 aliphatic carbocycles. The van der Waals surface area contributed by atoms with Gasteiger partial charge in [0, 0.05) is 27.7 Å². The summed E-state index contributed by atoms with van der Waals surface area (Å²) in [6.07, 6.45) is 1.02. The standard InChI is InChI=1S/C16H14BrNO2/c1-9-6-11-7-10(2-5-15(11)20-9)16(19)13-8-12(18)3-4-14(13)17/h2-5,7-9H,6,18H2,1H3. The van der Waals surface area contributed by atoms with Crippen molar-refractivity contribution in [2.75, 3.05) is 5.73 Å². The number of hydrogen-bond donors (Lipinski definition) is 1. The van der Waals surface area contributed by atoms with Crippen LogP contribution in [-0.2, 0) is 6.42 Å². The van der Waals surface area contributed by atoms with Crippen molar-refractivity contribution in [3.05, 3.63) is 57.6 Å². The van der Waals surface area contributed by atoms with Gasteiger partial charge < -0.3 is 10.5 Å². The number of nitrogen functional groups attached to an aromatic ring is 1. The van der Waals surface area contributed by atoms with Gasteiger partial charge in [0.2, 0.25) is 0 Å². The molecule has 102 valence electrons. The number of hydrogen-bond acceptors (Lipinski definition) is 3. The van der Waals surface area contributed by atoms with Crippen LogP contribution in [0, 0.1) is 0 Å². The van der Waals surface area contributed by atoms with Crippen molar-refractivity contribution in [2.45, 2.75) is 19.4 Å². The Morgan fingerprint density at radius 3 is 2.90 bits per heavy atom. The highest BCUT2D eigenvalue weighted by atomic mass is 79.9. The lowest BCUT2D eigenvalue weighted by Crippen LogP contribution is -2.05. The fraction of sp³-hybridized carbons (Fsp3) is 0.188. The van der Waals surface area contributed by atoms with E-state index in [0.29, 0.717) is 16.8 Å². The number of carbonyl (C=O) groups excluding carboxylic acids is 1. The van der Waals surface area contributed by atoms with Gasteiger partial charge in [0.25, 0.3) is 0 Å². The number of nitrogens with two attached hydrogens (primary N) is 1. The molecule has 1 atom stereocenters. The van der Waals surface area contributed by atoms with Crippen LogP contribution >= 0.6 is 15.9 Å². The van der Waals surface area contributed by atoms with Gasteiger partial charge in [-0.2, -0.15) is 0 Å². The Hall–Kier alpha value is -1.81. The molecular weight excluding hydrogens is 318 g/mol. The Labute approximate surface area is 125 Å². The number of halogens is 1. The van der Waals surface area contributed by atoms with E-state index in [4.69, 9.17) is 10.5 Å². The Kier molecular flexibility index (Phi) is 3.26. The maximum atomic E-state index is 12.6. The monoisotopic (exact) mass is 331 g/mol. The van der Waals surface area contributed by atoms with E-state index in [0.717, 1.165) is 22.2 Å². The van der Waals surface area contributed by atoms with Gasteiger partial charge in [0.1, 0.15) is 11.9 Å². The summed E-state index contributed by atoms with van der Waals surface area (Å²) >= 11 is 3.40. The maximum absolute atomic E-state index is 12.6. The summed E-state index contributed by atoms with van der Waals surface area (Å²) in [7, 11) is 0. The third-order valence-electron chi connectivity index (χ3n) is 3.39. The van der Waals surface area contributed by atoms with Crippen molar-refractivity contribution in [3.63, 3.8) is 0 Å². The Bertz CT molecular complexity index is 697. The van der Waals surface area contributed by atoms with E-state index in [1.807, 2.05) is 19.1 Å². The van der Waals surface area contributed by atoms with Crippen molar-refractivity contribution in [1.29, 1.82) is 0 Å². The molecule has 1 unspecified atom stereocenters. The van der Waals surface area contributed by atoms with Gasteiger partial charge in [-0.25, -0.2) is 0 Å². The predicted molar refractivity (Wildman–Crippen MR) is 82.2 cm³/mol. The van der Waals surface area contributed by atoms with E-state index >= 15 is 0 Å². The number of fused-ring (bicyclic) bond motifs is 1. The largest absolute Gasteiger partial charge is 0.490 e. The molecule has 0 saturated carbocycles. The first kappa shape index (κ1) is 13.2. The number of benzene rings is 2. The Balaban J connectivity index is 1.99. The molecule has 1 heterocycles. The molecule has 1 aliphatic heterocycles. The van der Waals surface area contributed by atoms with Crippen molar-refractivity contribution >= 4 is 27.4 Å². The molecule has 2 aromatic rings. The van der Waals surface area contributed by atoms with Crippen molar-refractivity contribution in [2.24, 2.45) is 0 Å². The van der Waals surface area contributed by atoms with Crippen LogP contribution < -0.4 is 10.5 Å². The highest BCUT2D eigenvalue weighted by Gasteiger charge is 2.21. The molecule has 20 heavy (non-hydrogen) atoms. The fourth-order valence-electron chi connectivity index (χ4n) is 2.44. The van der Waals surface area contributed by atoms with Crippen LogP contribution in [0.25, 0.3) is 0 Å². The molecule has 0 fully saturated rings. The minimum atomic E-state index is -0.0356. The molecule has 0 bridgehead atoms. The number of rotatable bonds is 2. The molecule has 2 aromatic carbocycles. The second-order valence-electron chi connectivity index (χ2n) is 5.02. The predicted octanol–water partition coefficient (Wildman–Crippen LogP) is 3.59. The zero-order chi connectivity index (χ0) is 14.3. The Morgan fingerprint density at radius 2 is 2.10 bits per heavy atom. The lowest BCUT2D eigenvalue weighted by molar-refractivity contribution is 0.103. The van der Waals surface area contributed by atoms with Gasteiger partial charge in [-0.15, -0.1) is 0 Å². The van der Waals surface area contributed by atoms with Crippen LogP contribution in [0.1, 0.15) is 28.4 Å². The van der Waals surface area contributed by atoms with Gasteiger partial charge in [-0.3, -0.25) is 4.79 Å². The highest BCUT2D eigenvalue weighted by Crippen LogP contribution is 2.31. The summed E-state index contributed by atoms with van der Waals surface area (Å²) < 4.78 is 6.40. The number of carbonyl (C=O) groups is 1. The molecular formula is C16H14BrNO2. The molecule has 1 aliphatic rings. The number of anilines is 1. The third kappa shape index (κ3) is 2.31. The fourth-order valence-corrected chi connectivity index (χ4v) is 2.86. The van der Waals surface area contributed by atoms with E-state index < -0.39 is 0 Å². The van der Waals surface area contributed by atoms with Gasteiger partial charge >= 0.3 is 0 Å². The summed E-state index contributed by atoms with van der Waals surface area (Å²) in [5, 5.41) is 0. The summed E-state index contributed by atoms with van der Waals surface area (Å²) in [4.78, 5) is 12.6. The smallest absolute Gasteiger partial charge is 0.194 e. The number of ketones is 1. The lowest BCUT2D eigenvalue weighted by Gasteiger charge is -2.07. The van der Waals surface area contributed by atoms with Gasteiger partial charge in [0.05, 0.1) is 0 Å². The zero-order valence-corrected chi connectivity index (χ0v) is 12.6. The minimum absolute atomic E-state index is 0.0356. The van der Waals surface area contributed by atoms with Crippen LogP contribution in [0.3, 0.4) is 0 Å². The van der Waals surface area contributed by atoms with Gasteiger partial charge in [-0.1, -0.05) is 15.9 Å². The maximum Gasteiger partial charge on any atom is 0.194 e. The van der Waals surface area contributed by atoms with E-state index in [9.17, 15) is 4.79 Å². The first-order valence-corrected chi connectivity index (χ1v) is 7.23. The average molecular weight is 332 g/mol. The molecule has 0 amide bonds. The second kappa shape index (κ2) is 4.94. The summed E-state index contributed by atoms with van der Waals surface area (Å²) in [5.41, 5.74) is 8.66. The van der Waals surface area contributed by atoms with E-state index in [1.54, 1.807) is 24.3 Å². The van der Waals surface area contributed by atoms with Crippen LogP contribution in [0.15, 0.2) is 40.9 Å². The SMILES string of the molecule is CC1Cc2cc(C(=O)c3cc(N)ccc3Br)ccc2O1. The summed E-state index contributed by atoms with van der Waals surface area (Å²) in [6, 6.07) is 10.8. The first-order valence-electron chi connectivity index (χ1n) is 6.44. The molecule has 0 aromatic heterocycles. The molecule has 4 heteroatoms. The van der Waals surface area contributed by atoms with Gasteiger partial charge in [0.15, 0.2) is 5.78 Å². The Morgan fingerprint density at radius 1 is 1.30 bits per heavy atom. The van der Waals surface area contributed by atoms with Crippen molar-refractivity contribution in [3.8, 4) is 5.75 Å². The van der Waals surface area contributed by atoms with Crippen LogP contribution in [0.2, 0.25) is 0 Å². The van der Waals surface area contributed by atoms with Crippen molar-refractivity contribution < 1.29 is 9.53 Å². The molecule has 0 spiro atoms. The van der Waals surface area contributed by atoms with Gasteiger partial charge in [-0.05, 0) is 48.9 Å². The minimum Gasteiger partial charge on any atom is -0.490 e. The highest BCUT2D eigenvalue weighted by molar-refractivity contribution is 9.10. The first-order chi connectivity index (χ1) is 9.54. The van der Waals surface area contributed by atoms with Crippen LogP contribution in [0.4, 0.5) is 5.69 Å². The lowest BCUT2D eigenvalue weighted by atomic mass is 9.99.